The fraction of sp³-hybridized carbons (Fsp3) is 0.462. The molecule has 2 rings (SSSR count). The molecule has 6 heteroatoms. The first kappa shape index (κ1) is 13.5. The van der Waals surface area contributed by atoms with E-state index in [2.05, 4.69) is 0 Å². The number of hydrogen-bond acceptors (Lipinski definition) is 5. The number of nitro groups is 1. The largest absolute Gasteiger partial charge is 0.394 e. The Kier molecular flexibility index (Phi) is 3.80. The number of nitro benzene ring substituents is 1. The SMILES string of the molecule is CC(=O)c1cc([N+](=O)[O-])ccc1N1CCCC1CO. The van der Waals surface area contributed by atoms with Crippen LogP contribution in [-0.4, -0.2) is 35.0 Å². The zero-order valence-electron chi connectivity index (χ0n) is 10.7. The van der Waals surface area contributed by atoms with Gasteiger partial charge < -0.3 is 10.0 Å². The minimum atomic E-state index is -0.510. The van der Waals surface area contributed by atoms with Gasteiger partial charge in [0.2, 0.25) is 0 Å². The normalized spacial score (nSPS) is 18.6. The Balaban J connectivity index is 2.45. The number of aliphatic hydroxyl groups excluding tert-OH is 1. The van der Waals surface area contributed by atoms with E-state index in [0.29, 0.717) is 11.3 Å². The van der Waals surface area contributed by atoms with Crippen LogP contribution in [0.5, 0.6) is 0 Å². The molecule has 1 N–H and O–H groups in total. The van der Waals surface area contributed by atoms with E-state index in [1.54, 1.807) is 6.07 Å². The molecule has 1 aromatic carbocycles. The van der Waals surface area contributed by atoms with Crippen LogP contribution in [0.1, 0.15) is 30.1 Å². The molecule has 1 heterocycles. The van der Waals surface area contributed by atoms with Gasteiger partial charge in [0.15, 0.2) is 5.78 Å². The molecule has 1 saturated heterocycles. The average molecular weight is 264 g/mol. The number of non-ortho nitro benzene ring substituents is 1. The lowest BCUT2D eigenvalue weighted by atomic mass is 10.1. The maximum Gasteiger partial charge on any atom is 0.270 e. The molecule has 19 heavy (non-hydrogen) atoms. The Morgan fingerprint density at radius 1 is 1.58 bits per heavy atom. The summed E-state index contributed by atoms with van der Waals surface area (Å²) < 4.78 is 0. The number of aliphatic hydroxyl groups is 1. The molecular weight excluding hydrogens is 248 g/mol. The zero-order valence-corrected chi connectivity index (χ0v) is 10.7. The lowest BCUT2D eigenvalue weighted by Crippen LogP contribution is -2.33. The molecule has 0 bridgehead atoms. The summed E-state index contributed by atoms with van der Waals surface area (Å²) in [4.78, 5) is 23.9. The summed E-state index contributed by atoms with van der Waals surface area (Å²) in [6, 6.07) is 4.29. The van der Waals surface area contributed by atoms with E-state index >= 15 is 0 Å². The lowest BCUT2D eigenvalue weighted by molar-refractivity contribution is -0.384. The maximum absolute atomic E-state index is 11.7. The van der Waals surface area contributed by atoms with Crippen molar-refractivity contribution >= 4 is 17.2 Å². The Morgan fingerprint density at radius 3 is 2.89 bits per heavy atom. The van der Waals surface area contributed by atoms with Crippen molar-refractivity contribution in [2.24, 2.45) is 0 Å². The second-order valence-corrected chi connectivity index (χ2v) is 4.69. The van der Waals surface area contributed by atoms with Crippen molar-refractivity contribution in [1.82, 2.24) is 0 Å². The van der Waals surface area contributed by atoms with Crippen LogP contribution in [-0.2, 0) is 0 Å². The van der Waals surface area contributed by atoms with Crippen molar-refractivity contribution in [3.05, 3.63) is 33.9 Å². The van der Waals surface area contributed by atoms with Gasteiger partial charge in [0.05, 0.1) is 17.6 Å². The van der Waals surface area contributed by atoms with E-state index in [4.69, 9.17) is 0 Å². The summed E-state index contributed by atoms with van der Waals surface area (Å²) in [5.41, 5.74) is 0.929. The van der Waals surface area contributed by atoms with Gasteiger partial charge in [-0.1, -0.05) is 0 Å². The Labute approximate surface area is 110 Å². The molecule has 1 unspecified atom stereocenters. The van der Waals surface area contributed by atoms with E-state index in [9.17, 15) is 20.0 Å². The first-order valence-corrected chi connectivity index (χ1v) is 6.21. The molecule has 1 aromatic rings. The molecule has 1 aliphatic rings. The van der Waals surface area contributed by atoms with Gasteiger partial charge in [0.1, 0.15) is 0 Å². The molecule has 0 amide bonds. The van der Waals surface area contributed by atoms with Crippen LogP contribution >= 0.6 is 0 Å². The minimum Gasteiger partial charge on any atom is -0.394 e. The van der Waals surface area contributed by atoms with Gasteiger partial charge in [-0.2, -0.15) is 0 Å². The second kappa shape index (κ2) is 5.36. The number of benzene rings is 1. The fourth-order valence-electron chi connectivity index (χ4n) is 2.51. The molecule has 0 spiro atoms. The molecule has 1 atom stereocenters. The Hall–Kier alpha value is -1.95. The third-order valence-electron chi connectivity index (χ3n) is 3.47. The summed E-state index contributed by atoms with van der Waals surface area (Å²) in [6.45, 7) is 2.17. The molecule has 0 radical (unpaired) electrons. The van der Waals surface area contributed by atoms with Crippen LogP contribution in [0, 0.1) is 10.1 Å². The molecular formula is C13H16N2O4. The van der Waals surface area contributed by atoms with Gasteiger partial charge in [-0.05, 0) is 25.8 Å². The van der Waals surface area contributed by atoms with Gasteiger partial charge in [-0.25, -0.2) is 0 Å². The molecule has 1 fully saturated rings. The standard InChI is InChI=1S/C13H16N2O4/c1-9(17)12-7-10(15(18)19)4-5-13(12)14-6-2-3-11(14)8-16/h4-5,7,11,16H,2-3,6,8H2,1H3. The van der Waals surface area contributed by atoms with Crippen molar-refractivity contribution in [3.8, 4) is 0 Å². The van der Waals surface area contributed by atoms with Gasteiger partial charge in [-0.3, -0.25) is 14.9 Å². The third-order valence-corrected chi connectivity index (χ3v) is 3.47. The van der Waals surface area contributed by atoms with E-state index in [0.717, 1.165) is 19.4 Å². The predicted molar refractivity (Wildman–Crippen MR) is 70.6 cm³/mol. The van der Waals surface area contributed by atoms with Gasteiger partial charge >= 0.3 is 0 Å². The van der Waals surface area contributed by atoms with Crippen molar-refractivity contribution < 1.29 is 14.8 Å². The van der Waals surface area contributed by atoms with Crippen molar-refractivity contribution in [3.63, 3.8) is 0 Å². The molecule has 102 valence electrons. The summed E-state index contributed by atoms with van der Waals surface area (Å²) in [5, 5.41) is 20.1. The highest BCUT2D eigenvalue weighted by Gasteiger charge is 2.27. The third kappa shape index (κ3) is 2.58. The Morgan fingerprint density at radius 2 is 2.32 bits per heavy atom. The Bertz CT molecular complexity index is 515. The van der Waals surface area contributed by atoms with Crippen LogP contribution in [0.2, 0.25) is 0 Å². The van der Waals surface area contributed by atoms with E-state index in [-0.39, 0.29) is 24.1 Å². The average Bonchev–Trinajstić information content (AvgIpc) is 2.85. The smallest absolute Gasteiger partial charge is 0.270 e. The minimum absolute atomic E-state index is 0.0143. The first-order chi connectivity index (χ1) is 9.04. The fourth-order valence-corrected chi connectivity index (χ4v) is 2.51. The van der Waals surface area contributed by atoms with E-state index in [1.807, 2.05) is 4.90 Å². The molecule has 0 aliphatic carbocycles. The number of ketones is 1. The highest BCUT2D eigenvalue weighted by atomic mass is 16.6. The number of hydrogen-bond donors (Lipinski definition) is 1. The summed E-state index contributed by atoms with van der Waals surface area (Å²) in [6.07, 6.45) is 1.81. The topological polar surface area (TPSA) is 83.7 Å². The maximum atomic E-state index is 11.7. The number of nitrogens with zero attached hydrogens (tertiary/aromatic N) is 2. The number of rotatable bonds is 4. The van der Waals surface area contributed by atoms with Crippen molar-refractivity contribution in [2.75, 3.05) is 18.1 Å². The molecule has 6 nitrogen and oxygen atoms in total. The van der Waals surface area contributed by atoms with Crippen LogP contribution in [0.25, 0.3) is 0 Å². The van der Waals surface area contributed by atoms with Crippen molar-refractivity contribution in [1.29, 1.82) is 0 Å². The zero-order chi connectivity index (χ0) is 14.0. The van der Waals surface area contributed by atoms with E-state index in [1.165, 1.54) is 19.1 Å². The van der Waals surface area contributed by atoms with E-state index < -0.39 is 4.92 Å². The van der Waals surface area contributed by atoms with Crippen LogP contribution < -0.4 is 4.90 Å². The van der Waals surface area contributed by atoms with Crippen LogP contribution in [0.4, 0.5) is 11.4 Å². The predicted octanol–water partition coefficient (Wildman–Crippen LogP) is 1.76. The van der Waals surface area contributed by atoms with Gasteiger partial charge in [0, 0.05) is 29.9 Å². The van der Waals surface area contributed by atoms with Crippen LogP contribution in [0.3, 0.4) is 0 Å². The molecule has 1 aliphatic heterocycles. The second-order valence-electron chi connectivity index (χ2n) is 4.69. The summed E-state index contributed by atoms with van der Waals surface area (Å²) in [5.74, 6) is -0.206. The highest BCUT2D eigenvalue weighted by Crippen LogP contribution is 2.31. The number of carbonyl (C=O) groups excluding carboxylic acids is 1. The quantitative estimate of drug-likeness (QED) is 0.509. The van der Waals surface area contributed by atoms with Crippen molar-refractivity contribution in [2.45, 2.75) is 25.8 Å². The number of anilines is 1. The summed E-state index contributed by atoms with van der Waals surface area (Å²) in [7, 11) is 0. The highest BCUT2D eigenvalue weighted by molar-refractivity contribution is 6.00. The van der Waals surface area contributed by atoms with Gasteiger partial charge in [-0.15, -0.1) is 0 Å². The molecule has 0 aromatic heterocycles. The first-order valence-electron chi connectivity index (χ1n) is 6.21. The summed E-state index contributed by atoms with van der Waals surface area (Å²) >= 11 is 0. The van der Waals surface area contributed by atoms with Gasteiger partial charge in [0.25, 0.3) is 5.69 Å². The molecule has 0 saturated carbocycles. The monoisotopic (exact) mass is 264 g/mol. The number of Topliss-reactive ketones (excluding diaryl/α,β-unsaturated/α-hetero) is 1. The van der Waals surface area contributed by atoms with Crippen LogP contribution in [0.15, 0.2) is 18.2 Å². The lowest BCUT2D eigenvalue weighted by Gasteiger charge is -2.26. The number of carbonyl (C=O) groups is 1.